The number of likely N-dealkylation sites (N-methyl/N-ethyl adjacent to an activating group) is 1. The maximum absolute atomic E-state index is 14.7. The van der Waals surface area contributed by atoms with Crippen LogP contribution in [0.4, 0.5) is 14.5 Å². The molecule has 0 spiro atoms. The molecule has 1 heterocycles. The van der Waals surface area contributed by atoms with E-state index in [9.17, 15) is 13.6 Å². The second kappa shape index (κ2) is 8.98. The van der Waals surface area contributed by atoms with Crippen LogP contribution in [0.1, 0.15) is 6.92 Å². The van der Waals surface area contributed by atoms with Crippen LogP contribution in [-0.2, 0) is 9.63 Å². The van der Waals surface area contributed by atoms with Crippen LogP contribution in [0.25, 0.3) is 0 Å². The average Bonchev–Trinajstić information content (AvgIpc) is 2.62. The predicted octanol–water partition coefficient (Wildman–Crippen LogP) is 2.38. The number of hydrogen-bond donors (Lipinski definition) is 3. The maximum Gasteiger partial charge on any atom is 0.297 e. The number of thioether (sulfide) groups is 1. The van der Waals surface area contributed by atoms with Gasteiger partial charge in [-0.25, -0.2) is 14.3 Å². The van der Waals surface area contributed by atoms with Crippen LogP contribution in [0.5, 0.6) is 0 Å². The van der Waals surface area contributed by atoms with Crippen molar-refractivity contribution in [3.63, 3.8) is 0 Å². The molecule has 0 unspecified atom stereocenters. The van der Waals surface area contributed by atoms with Crippen LogP contribution in [-0.4, -0.2) is 47.7 Å². The zero-order chi connectivity index (χ0) is 20.1. The number of allylic oxidation sites excluding steroid dienone is 1. The number of aliphatic hydroxyl groups is 1. The summed E-state index contributed by atoms with van der Waals surface area (Å²) in [5.41, 5.74) is 1.24. The van der Waals surface area contributed by atoms with Crippen LogP contribution in [0, 0.1) is 5.82 Å². The van der Waals surface area contributed by atoms with Crippen molar-refractivity contribution >= 4 is 29.1 Å². The minimum atomic E-state index is -0.867. The van der Waals surface area contributed by atoms with Crippen molar-refractivity contribution < 1.29 is 23.5 Å². The lowest BCUT2D eigenvalue weighted by atomic mass is 10.1. The minimum Gasteiger partial charge on any atom is -0.391 e. The van der Waals surface area contributed by atoms with Gasteiger partial charge in [-0.1, -0.05) is 6.58 Å². The fourth-order valence-corrected chi connectivity index (χ4v) is 2.48. The smallest absolute Gasteiger partial charge is 0.297 e. The third-order valence-electron chi connectivity index (χ3n) is 3.49. The SMILES string of the molecule is C=C1C(F)=C(Nc2ccc(SC)cc2F)C(C(=O)NOC[C@H](C)O)=NN1C. The molecule has 1 atom stereocenters. The van der Waals surface area contributed by atoms with E-state index in [1.807, 2.05) is 0 Å². The third kappa shape index (κ3) is 5.06. The number of carbonyl (C=O) groups is 1. The molecule has 0 saturated heterocycles. The Morgan fingerprint density at radius 1 is 1.48 bits per heavy atom. The molecule has 1 amide bonds. The summed E-state index contributed by atoms with van der Waals surface area (Å²) in [6.07, 6.45) is 0.989. The highest BCUT2D eigenvalue weighted by Gasteiger charge is 2.30. The Balaban J connectivity index is 2.30. The first-order valence-corrected chi connectivity index (χ1v) is 9.09. The Morgan fingerprint density at radius 3 is 2.78 bits per heavy atom. The molecule has 10 heteroatoms. The van der Waals surface area contributed by atoms with Crippen molar-refractivity contribution in [2.45, 2.75) is 17.9 Å². The van der Waals surface area contributed by atoms with E-state index in [1.54, 1.807) is 12.3 Å². The standard InChI is InChI=1S/C17H20F2N4O3S/c1-9(24)8-26-22-17(25)16-15(14(19)10(2)23(3)21-16)20-13-6-5-11(27-4)7-12(13)18/h5-7,9,20,24H,2,8H2,1,3-4H3,(H,22,25)/t9-/m0/s1. The lowest BCUT2D eigenvalue weighted by Gasteiger charge is -2.25. The largest absolute Gasteiger partial charge is 0.391 e. The van der Waals surface area contributed by atoms with Crippen molar-refractivity contribution in [1.29, 1.82) is 0 Å². The van der Waals surface area contributed by atoms with Gasteiger partial charge in [0.15, 0.2) is 11.5 Å². The highest BCUT2D eigenvalue weighted by atomic mass is 32.2. The molecule has 1 aromatic carbocycles. The van der Waals surface area contributed by atoms with Crippen molar-refractivity contribution in [2.75, 3.05) is 25.2 Å². The Bertz CT molecular complexity index is 811. The molecule has 0 aromatic heterocycles. The number of benzene rings is 1. The van der Waals surface area contributed by atoms with Gasteiger partial charge in [-0.3, -0.25) is 14.6 Å². The van der Waals surface area contributed by atoms with Gasteiger partial charge in [0.1, 0.15) is 18.1 Å². The number of aliphatic hydroxyl groups excluding tert-OH is 1. The number of anilines is 1. The molecular weight excluding hydrogens is 378 g/mol. The number of rotatable bonds is 7. The molecule has 0 fully saturated rings. The molecule has 0 saturated carbocycles. The Kier molecular flexibility index (Phi) is 6.94. The van der Waals surface area contributed by atoms with E-state index in [4.69, 9.17) is 9.94 Å². The number of amides is 1. The Labute approximate surface area is 159 Å². The number of hydrogen-bond acceptors (Lipinski definition) is 7. The average molecular weight is 398 g/mol. The fraction of sp³-hybridized carbons (Fsp3) is 0.294. The molecule has 146 valence electrons. The van der Waals surface area contributed by atoms with Crippen molar-refractivity contribution in [2.24, 2.45) is 5.10 Å². The van der Waals surface area contributed by atoms with Crippen LogP contribution < -0.4 is 10.8 Å². The summed E-state index contributed by atoms with van der Waals surface area (Å²) in [5, 5.41) is 16.8. The molecule has 27 heavy (non-hydrogen) atoms. The second-order valence-electron chi connectivity index (χ2n) is 5.67. The van der Waals surface area contributed by atoms with E-state index < -0.39 is 23.7 Å². The Hall–Kier alpha value is -2.43. The lowest BCUT2D eigenvalue weighted by Crippen LogP contribution is -2.39. The summed E-state index contributed by atoms with van der Waals surface area (Å²) in [6, 6.07) is 4.38. The summed E-state index contributed by atoms with van der Waals surface area (Å²) in [6.45, 7) is 4.85. The number of hydrazone groups is 1. The van der Waals surface area contributed by atoms with E-state index in [-0.39, 0.29) is 29.4 Å². The highest BCUT2D eigenvalue weighted by Crippen LogP contribution is 2.28. The van der Waals surface area contributed by atoms with Crippen LogP contribution in [0.2, 0.25) is 0 Å². The molecule has 3 N–H and O–H groups in total. The van der Waals surface area contributed by atoms with Crippen LogP contribution >= 0.6 is 11.8 Å². The zero-order valence-corrected chi connectivity index (χ0v) is 15.9. The van der Waals surface area contributed by atoms with Gasteiger partial charge >= 0.3 is 0 Å². The van der Waals surface area contributed by atoms with E-state index in [0.29, 0.717) is 4.90 Å². The maximum atomic E-state index is 14.7. The number of carbonyl (C=O) groups excluding carboxylic acids is 1. The molecule has 0 radical (unpaired) electrons. The quantitative estimate of drug-likeness (QED) is 0.483. The number of hydroxylamine groups is 1. The second-order valence-corrected chi connectivity index (χ2v) is 6.55. The van der Waals surface area contributed by atoms with Crippen molar-refractivity contribution in [1.82, 2.24) is 10.5 Å². The van der Waals surface area contributed by atoms with Crippen molar-refractivity contribution in [3.8, 4) is 0 Å². The highest BCUT2D eigenvalue weighted by molar-refractivity contribution is 7.98. The molecular formula is C17H20F2N4O3S. The van der Waals surface area contributed by atoms with E-state index in [0.717, 1.165) is 5.01 Å². The zero-order valence-electron chi connectivity index (χ0n) is 15.0. The van der Waals surface area contributed by atoms with Gasteiger partial charge in [0.05, 0.1) is 17.5 Å². The lowest BCUT2D eigenvalue weighted by molar-refractivity contribution is -0.128. The van der Waals surface area contributed by atoms with Gasteiger partial charge in [-0.15, -0.1) is 11.8 Å². The first-order chi connectivity index (χ1) is 12.7. The number of nitrogens with one attached hydrogen (secondary N) is 2. The van der Waals surface area contributed by atoms with E-state index >= 15 is 0 Å². The molecule has 0 bridgehead atoms. The predicted molar refractivity (Wildman–Crippen MR) is 100 cm³/mol. The van der Waals surface area contributed by atoms with Gasteiger partial charge in [0.2, 0.25) is 0 Å². The van der Waals surface area contributed by atoms with Crippen LogP contribution in [0.3, 0.4) is 0 Å². The van der Waals surface area contributed by atoms with Gasteiger partial charge in [-0.05, 0) is 31.4 Å². The Morgan fingerprint density at radius 2 is 2.19 bits per heavy atom. The molecule has 1 aromatic rings. The third-order valence-corrected chi connectivity index (χ3v) is 4.22. The summed E-state index contributed by atoms with van der Waals surface area (Å²) >= 11 is 1.36. The summed E-state index contributed by atoms with van der Waals surface area (Å²) < 4.78 is 29.0. The normalized spacial score (nSPS) is 15.6. The van der Waals surface area contributed by atoms with Gasteiger partial charge in [0.25, 0.3) is 5.91 Å². The molecule has 2 rings (SSSR count). The summed E-state index contributed by atoms with van der Waals surface area (Å²) in [4.78, 5) is 17.9. The molecule has 1 aliphatic rings. The topological polar surface area (TPSA) is 86.2 Å². The summed E-state index contributed by atoms with van der Waals surface area (Å²) in [5.74, 6) is -2.34. The van der Waals surface area contributed by atoms with Crippen LogP contribution in [0.15, 0.2) is 52.0 Å². The fourth-order valence-electron chi connectivity index (χ4n) is 2.06. The molecule has 7 nitrogen and oxygen atoms in total. The van der Waals surface area contributed by atoms with E-state index in [1.165, 1.54) is 37.9 Å². The number of halogens is 2. The first-order valence-electron chi connectivity index (χ1n) is 7.87. The first kappa shape index (κ1) is 20.9. The van der Waals surface area contributed by atoms with Gasteiger partial charge in [-0.2, -0.15) is 5.10 Å². The monoisotopic (exact) mass is 398 g/mol. The minimum absolute atomic E-state index is 0.0271. The van der Waals surface area contributed by atoms with E-state index in [2.05, 4.69) is 22.5 Å². The molecule has 0 aliphatic carbocycles. The van der Waals surface area contributed by atoms with Gasteiger partial charge < -0.3 is 10.4 Å². The molecule has 1 aliphatic heterocycles. The summed E-state index contributed by atoms with van der Waals surface area (Å²) in [7, 11) is 1.41. The van der Waals surface area contributed by atoms with Gasteiger partial charge in [0, 0.05) is 11.9 Å². The van der Waals surface area contributed by atoms with Crippen molar-refractivity contribution in [3.05, 3.63) is 47.8 Å². The number of nitrogens with zero attached hydrogens (tertiary/aromatic N) is 2.